The first-order chi connectivity index (χ1) is 7.93. The number of nitrogens with two attached hydrogens (primary N) is 1. The zero-order chi connectivity index (χ0) is 12.6. The largest absolute Gasteiger partial charge is 0.368 e. The lowest BCUT2D eigenvalue weighted by Crippen LogP contribution is -2.51. The molecule has 1 aromatic carbocycles. The summed E-state index contributed by atoms with van der Waals surface area (Å²) in [6.45, 7) is 1.67. The Morgan fingerprint density at radius 3 is 2.71 bits per heavy atom. The van der Waals surface area contributed by atoms with Gasteiger partial charge in [0.2, 0.25) is 5.91 Å². The van der Waals surface area contributed by atoms with Crippen molar-refractivity contribution in [2.45, 2.75) is 31.3 Å². The van der Waals surface area contributed by atoms with E-state index < -0.39 is 17.3 Å². The minimum Gasteiger partial charge on any atom is -0.368 e. The second-order valence-corrected chi connectivity index (χ2v) is 4.94. The van der Waals surface area contributed by atoms with E-state index >= 15 is 0 Å². The van der Waals surface area contributed by atoms with Gasteiger partial charge in [0, 0.05) is 16.6 Å². The first-order valence-electron chi connectivity index (χ1n) is 5.46. The van der Waals surface area contributed by atoms with Gasteiger partial charge in [-0.15, -0.1) is 0 Å². The van der Waals surface area contributed by atoms with E-state index in [2.05, 4.69) is 5.32 Å². The van der Waals surface area contributed by atoms with Gasteiger partial charge in [-0.3, -0.25) is 10.1 Å². The molecule has 1 atom stereocenters. The van der Waals surface area contributed by atoms with Gasteiger partial charge in [-0.2, -0.15) is 0 Å². The zero-order valence-corrected chi connectivity index (χ0v) is 10.2. The number of hydrogen-bond donors (Lipinski definition) is 2. The Kier molecular flexibility index (Phi) is 3.10. The van der Waals surface area contributed by atoms with E-state index in [1.165, 1.54) is 18.2 Å². The van der Waals surface area contributed by atoms with Crippen molar-refractivity contribution in [1.82, 2.24) is 5.32 Å². The van der Waals surface area contributed by atoms with Crippen LogP contribution in [0, 0.1) is 5.82 Å². The fourth-order valence-electron chi connectivity index (χ4n) is 1.81. The summed E-state index contributed by atoms with van der Waals surface area (Å²) >= 11 is 5.97. The van der Waals surface area contributed by atoms with Crippen LogP contribution in [0.4, 0.5) is 4.39 Å². The van der Waals surface area contributed by atoms with E-state index in [-0.39, 0.29) is 11.1 Å². The molecule has 1 amide bonds. The van der Waals surface area contributed by atoms with Crippen molar-refractivity contribution >= 4 is 17.5 Å². The Balaban J connectivity index is 2.40. The molecular formula is C12H14ClFN2O. The van der Waals surface area contributed by atoms with Gasteiger partial charge in [0.1, 0.15) is 11.4 Å². The molecule has 1 aromatic rings. The predicted octanol–water partition coefficient (Wildman–Crippen LogP) is 1.93. The number of nitrogens with one attached hydrogen (secondary N) is 1. The van der Waals surface area contributed by atoms with E-state index in [9.17, 15) is 9.18 Å². The van der Waals surface area contributed by atoms with Crippen LogP contribution in [0.1, 0.15) is 25.3 Å². The fourth-order valence-corrected chi connectivity index (χ4v) is 2.17. The molecule has 2 rings (SSSR count). The Labute approximate surface area is 104 Å². The Bertz CT molecular complexity index is 462. The first kappa shape index (κ1) is 12.3. The Morgan fingerprint density at radius 2 is 2.24 bits per heavy atom. The summed E-state index contributed by atoms with van der Waals surface area (Å²) in [7, 11) is 0. The molecule has 3 N–H and O–H groups in total. The number of carbonyl (C=O) groups excluding carboxylic acids is 1. The molecule has 0 bridgehead atoms. The topological polar surface area (TPSA) is 55.1 Å². The quantitative estimate of drug-likeness (QED) is 0.865. The molecule has 0 spiro atoms. The highest BCUT2D eigenvalue weighted by Gasteiger charge is 2.39. The molecule has 5 heteroatoms. The number of carbonyl (C=O) groups is 1. The second-order valence-electron chi connectivity index (χ2n) is 4.53. The summed E-state index contributed by atoms with van der Waals surface area (Å²) in [6.07, 6.45) is 2.03. The maximum atomic E-state index is 13.0. The normalized spacial score (nSPS) is 18.8. The van der Waals surface area contributed by atoms with Crippen molar-refractivity contribution in [3.05, 3.63) is 34.6 Å². The molecule has 0 heterocycles. The van der Waals surface area contributed by atoms with Gasteiger partial charge in [-0.05, 0) is 31.9 Å². The van der Waals surface area contributed by atoms with Gasteiger partial charge in [-0.25, -0.2) is 4.39 Å². The minimum absolute atomic E-state index is 0.208. The number of benzene rings is 1. The molecule has 1 aliphatic rings. The van der Waals surface area contributed by atoms with E-state index in [0.717, 1.165) is 12.8 Å². The van der Waals surface area contributed by atoms with Crippen LogP contribution in [0.25, 0.3) is 0 Å². The zero-order valence-electron chi connectivity index (χ0n) is 9.47. The number of amides is 1. The molecule has 92 valence electrons. The van der Waals surface area contributed by atoms with Gasteiger partial charge < -0.3 is 5.73 Å². The summed E-state index contributed by atoms with van der Waals surface area (Å²) in [6, 6.07) is 4.25. The van der Waals surface area contributed by atoms with E-state index in [0.29, 0.717) is 5.56 Å². The average Bonchev–Trinajstić information content (AvgIpc) is 3.00. The van der Waals surface area contributed by atoms with Gasteiger partial charge in [0.15, 0.2) is 0 Å². The van der Waals surface area contributed by atoms with Crippen molar-refractivity contribution < 1.29 is 9.18 Å². The highest BCUT2D eigenvalue weighted by Crippen LogP contribution is 2.32. The fraction of sp³-hybridized carbons (Fsp3) is 0.417. The SMILES string of the molecule is CC(NC1CC1)(C(N)=O)c1ccc(F)cc1Cl. The summed E-state index contributed by atoms with van der Waals surface area (Å²) in [5, 5.41) is 3.37. The molecule has 1 aliphatic carbocycles. The molecule has 0 radical (unpaired) electrons. The number of rotatable bonds is 4. The monoisotopic (exact) mass is 256 g/mol. The number of halogens is 2. The van der Waals surface area contributed by atoms with Crippen LogP contribution in [0.2, 0.25) is 5.02 Å². The highest BCUT2D eigenvalue weighted by atomic mass is 35.5. The van der Waals surface area contributed by atoms with Crippen LogP contribution in [-0.4, -0.2) is 11.9 Å². The molecular weight excluding hydrogens is 243 g/mol. The van der Waals surface area contributed by atoms with Gasteiger partial charge in [-0.1, -0.05) is 17.7 Å². The average molecular weight is 257 g/mol. The van der Waals surface area contributed by atoms with E-state index in [1.807, 2.05) is 0 Å². The summed E-state index contributed by atoms with van der Waals surface area (Å²) < 4.78 is 13.0. The number of primary amides is 1. The standard InChI is InChI=1S/C12H14ClFN2O/c1-12(11(15)17,16-8-3-4-8)9-5-2-7(14)6-10(9)13/h2,5-6,8,16H,3-4H2,1H3,(H2,15,17). The molecule has 3 nitrogen and oxygen atoms in total. The third kappa shape index (κ3) is 2.42. The van der Waals surface area contributed by atoms with Crippen molar-refractivity contribution in [3.63, 3.8) is 0 Å². The van der Waals surface area contributed by atoms with Crippen LogP contribution in [0.15, 0.2) is 18.2 Å². The Hall–Kier alpha value is -1.13. The summed E-state index contributed by atoms with van der Waals surface area (Å²) in [5.74, 6) is -0.949. The molecule has 17 heavy (non-hydrogen) atoms. The lowest BCUT2D eigenvalue weighted by atomic mass is 9.91. The van der Waals surface area contributed by atoms with Crippen LogP contribution >= 0.6 is 11.6 Å². The minimum atomic E-state index is -1.05. The first-order valence-corrected chi connectivity index (χ1v) is 5.84. The molecule has 0 saturated heterocycles. The van der Waals surface area contributed by atoms with Crippen molar-refractivity contribution in [1.29, 1.82) is 0 Å². The van der Waals surface area contributed by atoms with Crippen LogP contribution in [0.3, 0.4) is 0 Å². The van der Waals surface area contributed by atoms with Crippen molar-refractivity contribution in [2.24, 2.45) is 5.73 Å². The summed E-state index contributed by atoms with van der Waals surface area (Å²) in [5.41, 5.74) is 4.90. The van der Waals surface area contributed by atoms with Gasteiger partial charge in [0.05, 0.1) is 0 Å². The highest BCUT2D eigenvalue weighted by molar-refractivity contribution is 6.31. The molecule has 1 fully saturated rings. The molecule has 0 aliphatic heterocycles. The van der Waals surface area contributed by atoms with Crippen LogP contribution < -0.4 is 11.1 Å². The third-order valence-corrected chi connectivity index (χ3v) is 3.35. The predicted molar refractivity (Wildman–Crippen MR) is 64.1 cm³/mol. The second kappa shape index (κ2) is 4.27. The smallest absolute Gasteiger partial charge is 0.242 e. The van der Waals surface area contributed by atoms with E-state index in [1.54, 1.807) is 6.92 Å². The van der Waals surface area contributed by atoms with Crippen molar-refractivity contribution in [2.75, 3.05) is 0 Å². The maximum Gasteiger partial charge on any atom is 0.242 e. The van der Waals surface area contributed by atoms with Crippen LogP contribution in [0.5, 0.6) is 0 Å². The van der Waals surface area contributed by atoms with Crippen molar-refractivity contribution in [3.8, 4) is 0 Å². The van der Waals surface area contributed by atoms with Crippen LogP contribution in [-0.2, 0) is 10.3 Å². The Morgan fingerprint density at radius 1 is 1.59 bits per heavy atom. The molecule has 0 aromatic heterocycles. The van der Waals surface area contributed by atoms with Gasteiger partial charge >= 0.3 is 0 Å². The lowest BCUT2D eigenvalue weighted by molar-refractivity contribution is -0.124. The summed E-state index contributed by atoms with van der Waals surface area (Å²) in [4.78, 5) is 11.6. The lowest BCUT2D eigenvalue weighted by Gasteiger charge is -2.29. The maximum absolute atomic E-state index is 13.0. The molecule has 1 unspecified atom stereocenters. The van der Waals surface area contributed by atoms with Gasteiger partial charge in [0.25, 0.3) is 0 Å². The molecule has 1 saturated carbocycles. The number of hydrogen-bond acceptors (Lipinski definition) is 2. The third-order valence-electron chi connectivity index (χ3n) is 3.03. The van der Waals surface area contributed by atoms with E-state index in [4.69, 9.17) is 17.3 Å².